The average Bonchev–Trinajstić information content (AvgIpc) is 3.13. The predicted octanol–water partition coefficient (Wildman–Crippen LogP) is 1.25. The first-order valence-electron chi connectivity index (χ1n) is 7.91. The molecule has 3 rings (SSSR count). The Balaban J connectivity index is 1.88. The number of aromatic nitrogens is 2. The molecular formula is C17H20N4O4. The third-order valence-electron chi connectivity index (χ3n) is 4.23. The Hall–Kier alpha value is -3.03. The highest BCUT2D eigenvalue weighted by atomic mass is 16.5. The van der Waals surface area contributed by atoms with Gasteiger partial charge in [-0.25, -0.2) is 9.78 Å². The van der Waals surface area contributed by atoms with E-state index in [-0.39, 0.29) is 18.6 Å². The number of fused-ring (bicyclic) bond motifs is 1. The summed E-state index contributed by atoms with van der Waals surface area (Å²) >= 11 is 0. The number of H-pyrrole nitrogens is 1. The van der Waals surface area contributed by atoms with Crippen LogP contribution in [0.2, 0.25) is 0 Å². The molecule has 8 heteroatoms. The second kappa shape index (κ2) is 7.25. The zero-order valence-electron chi connectivity index (χ0n) is 14.1. The van der Waals surface area contributed by atoms with E-state index in [2.05, 4.69) is 20.0 Å². The molecule has 0 spiro atoms. The van der Waals surface area contributed by atoms with Crippen molar-refractivity contribution >= 4 is 12.0 Å². The van der Waals surface area contributed by atoms with Crippen molar-refractivity contribution in [2.24, 2.45) is 0 Å². The van der Waals surface area contributed by atoms with Gasteiger partial charge >= 0.3 is 12.0 Å². The highest BCUT2D eigenvalue weighted by molar-refractivity contribution is 5.81. The van der Waals surface area contributed by atoms with Crippen molar-refractivity contribution in [3.63, 3.8) is 0 Å². The maximum Gasteiger partial charge on any atom is 0.325 e. The summed E-state index contributed by atoms with van der Waals surface area (Å²) in [6.07, 6.45) is 2.31. The standard InChI is InChI=1S/C17H20N4O4/c1-24-12-5-3-11(4-6-12)16-15-13(19-10-20-15)7-8-21(16)17(23)18-9-14(22)25-2/h3-6,10,16H,7-9H2,1-2H3,(H,18,23)(H,19,20). The number of benzene rings is 1. The number of rotatable bonds is 4. The predicted molar refractivity (Wildman–Crippen MR) is 89.2 cm³/mol. The van der Waals surface area contributed by atoms with Crippen molar-refractivity contribution < 1.29 is 19.1 Å². The summed E-state index contributed by atoms with van der Waals surface area (Å²) in [5.74, 6) is 0.246. The van der Waals surface area contributed by atoms with Gasteiger partial charge in [0.25, 0.3) is 0 Å². The highest BCUT2D eigenvalue weighted by Crippen LogP contribution is 2.33. The minimum absolute atomic E-state index is 0.172. The van der Waals surface area contributed by atoms with Crippen LogP contribution in [-0.4, -0.2) is 54.2 Å². The number of urea groups is 1. The summed E-state index contributed by atoms with van der Waals surface area (Å²) < 4.78 is 9.76. The number of methoxy groups -OCH3 is 2. The molecular weight excluding hydrogens is 324 g/mol. The minimum Gasteiger partial charge on any atom is -0.497 e. The largest absolute Gasteiger partial charge is 0.497 e. The first-order valence-corrected chi connectivity index (χ1v) is 7.91. The molecule has 2 aromatic rings. The number of nitrogens with one attached hydrogen (secondary N) is 2. The average molecular weight is 344 g/mol. The van der Waals surface area contributed by atoms with Crippen molar-refractivity contribution in [1.82, 2.24) is 20.2 Å². The molecule has 1 aromatic heterocycles. The zero-order chi connectivity index (χ0) is 17.8. The first-order chi connectivity index (χ1) is 12.1. The summed E-state index contributed by atoms with van der Waals surface area (Å²) in [5, 5.41) is 2.60. The number of carbonyl (C=O) groups excluding carboxylic acids is 2. The van der Waals surface area contributed by atoms with E-state index in [0.29, 0.717) is 13.0 Å². The van der Waals surface area contributed by atoms with Crippen molar-refractivity contribution in [1.29, 1.82) is 0 Å². The third-order valence-corrected chi connectivity index (χ3v) is 4.23. The second-order valence-electron chi connectivity index (χ2n) is 5.62. The van der Waals surface area contributed by atoms with Gasteiger partial charge in [0, 0.05) is 18.7 Å². The molecule has 25 heavy (non-hydrogen) atoms. The molecule has 1 atom stereocenters. The van der Waals surface area contributed by atoms with Gasteiger partial charge in [-0.1, -0.05) is 12.1 Å². The van der Waals surface area contributed by atoms with Gasteiger partial charge in [0.15, 0.2) is 0 Å². The van der Waals surface area contributed by atoms with Crippen molar-refractivity contribution in [3.8, 4) is 5.75 Å². The third kappa shape index (κ3) is 3.42. The Morgan fingerprint density at radius 1 is 1.32 bits per heavy atom. The van der Waals surface area contributed by atoms with Gasteiger partial charge in [-0.05, 0) is 17.7 Å². The van der Waals surface area contributed by atoms with Gasteiger partial charge in [-0.2, -0.15) is 0 Å². The normalized spacial score (nSPS) is 16.1. The van der Waals surface area contributed by atoms with E-state index in [1.54, 1.807) is 18.3 Å². The fourth-order valence-corrected chi connectivity index (χ4v) is 2.94. The molecule has 0 saturated heterocycles. The SMILES string of the molecule is COC(=O)CNC(=O)N1CCc2[nH]cnc2C1c1ccc(OC)cc1. The van der Waals surface area contributed by atoms with Crippen LogP contribution in [0.25, 0.3) is 0 Å². The van der Waals surface area contributed by atoms with E-state index in [1.807, 2.05) is 24.3 Å². The molecule has 1 unspecified atom stereocenters. The van der Waals surface area contributed by atoms with Crippen LogP contribution in [0.5, 0.6) is 5.75 Å². The van der Waals surface area contributed by atoms with Gasteiger partial charge in [0.1, 0.15) is 18.3 Å². The molecule has 0 radical (unpaired) electrons. The van der Waals surface area contributed by atoms with Crippen molar-refractivity contribution in [3.05, 3.63) is 47.5 Å². The highest BCUT2D eigenvalue weighted by Gasteiger charge is 2.34. The summed E-state index contributed by atoms with van der Waals surface area (Å²) in [4.78, 5) is 33.1. The zero-order valence-corrected chi connectivity index (χ0v) is 14.1. The smallest absolute Gasteiger partial charge is 0.325 e. The Morgan fingerprint density at radius 2 is 2.08 bits per heavy atom. The van der Waals surface area contributed by atoms with Gasteiger partial charge in [-0.15, -0.1) is 0 Å². The van der Waals surface area contributed by atoms with E-state index in [0.717, 1.165) is 22.7 Å². The maximum absolute atomic E-state index is 12.6. The Labute approximate surface area is 145 Å². The summed E-state index contributed by atoms with van der Waals surface area (Å²) in [6.45, 7) is 0.341. The quantitative estimate of drug-likeness (QED) is 0.814. The summed E-state index contributed by atoms with van der Waals surface area (Å²) in [7, 11) is 2.89. The van der Waals surface area contributed by atoms with E-state index < -0.39 is 5.97 Å². The lowest BCUT2D eigenvalue weighted by atomic mass is 9.96. The molecule has 0 fully saturated rings. The maximum atomic E-state index is 12.6. The number of carbonyl (C=O) groups is 2. The molecule has 0 bridgehead atoms. The number of imidazole rings is 1. The first kappa shape index (κ1) is 16.8. The lowest BCUT2D eigenvalue weighted by Crippen LogP contribution is -2.47. The van der Waals surface area contributed by atoms with Gasteiger partial charge in [0.05, 0.1) is 26.2 Å². The lowest BCUT2D eigenvalue weighted by molar-refractivity contribution is -0.139. The van der Waals surface area contributed by atoms with Crippen LogP contribution >= 0.6 is 0 Å². The molecule has 2 heterocycles. The van der Waals surface area contributed by atoms with Crippen LogP contribution in [0.3, 0.4) is 0 Å². The fourth-order valence-electron chi connectivity index (χ4n) is 2.94. The number of amides is 2. The number of hydrogen-bond acceptors (Lipinski definition) is 5. The van der Waals surface area contributed by atoms with E-state index in [1.165, 1.54) is 7.11 Å². The molecule has 1 aliphatic heterocycles. The molecule has 0 aliphatic carbocycles. The molecule has 132 valence electrons. The number of aromatic amines is 1. The van der Waals surface area contributed by atoms with Gasteiger partial charge < -0.3 is 24.7 Å². The lowest BCUT2D eigenvalue weighted by Gasteiger charge is -2.35. The molecule has 8 nitrogen and oxygen atoms in total. The molecule has 1 aliphatic rings. The number of esters is 1. The summed E-state index contributed by atoms with van der Waals surface area (Å²) in [6, 6.07) is 6.85. The van der Waals surface area contributed by atoms with Crippen LogP contribution in [0.1, 0.15) is 23.0 Å². The van der Waals surface area contributed by atoms with Crippen molar-refractivity contribution in [2.75, 3.05) is 27.3 Å². The van der Waals surface area contributed by atoms with E-state index in [9.17, 15) is 9.59 Å². The van der Waals surface area contributed by atoms with Gasteiger partial charge in [-0.3, -0.25) is 4.79 Å². The number of ether oxygens (including phenoxy) is 2. The molecule has 1 aromatic carbocycles. The van der Waals surface area contributed by atoms with Crippen LogP contribution in [-0.2, 0) is 16.0 Å². The van der Waals surface area contributed by atoms with E-state index >= 15 is 0 Å². The Kier molecular flexibility index (Phi) is 4.87. The topological polar surface area (TPSA) is 96.6 Å². The monoisotopic (exact) mass is 344 g/mol. The second-order valence-corrected chi connectivity index (χ2v) is 5.62. The Bertz CT molecular complexity index is 756. The van der Waals surface area contributed by atoms with Crippen LogP contribution in [0, 0.1) is 0 Å². The Morgan fingerprint density at radius 3 is 2.76 bits per heavy atom. The van der Waals surface area contributed by atoms with Crippen LogP contribution in [0.4, 0.5) is 4.79 Å². The van der Waals surface area contributed by atoms with Crippen molar-refractivity contribution in [2.45, 2.75) is 12.5 Å². The molecule has 2 N–H and O–H groups in total. The van der Waals surface area contributed by atoms with Crippen LogP contribution < -0.4 is 10.1 Å². The number of hydrogen-bond donors (Lipinski definition) is 2. The number of nitrogens with zero attached hydrogens (tertiary/aromatic N) is 2. The molecule has 2 amide bonds. The molecule has 0 saturated carbocycles. The van der Waals surface area contributed by atoms with Crippen LogP contribution in [0.15, 0.2) is 30.6 Å². The van der Waals surface area contributed by atoms with E-state index in [4.69, 9.17) is 4.74 Å². The summed E-state index contributed by atoms with van der Waals surface area (Å²) in [5.41, 5.74) is 2.74. The van der Waals surface area contributed by atoms with Gasteiger partial charge in [0.2, 0.25) is 0 Å². The minimum atomic E-state index is -0.494. The fraction of sp³-hybridized carbons (Fsp3) is 0.353.